The van der Waals surface area contributed by atoms with Crippen LogP contribution in [0.4, 0.5) is 5.69 Å². The van der Waals surface area contributed by atoms with E-state index in [4.69, 9.17) is 0 Å². The zero-order valence-electron chi connectivity index (χ0n) is 13.7. The number of benzene rings is 2. The van der Waals surface area contributed by atoms with Crippen molar-refractivity contribution in [3.8, 4) is 11.1 Å². The van der Waals surface area contributed by atoms with Gasteiger partial charge in [-0.1, -0.05) is 48.5 Å². The van der Waals surface area contributed by atoms with E-state index in [1.165, 1.54) is 12.3 Å². The molecule has 4 aromatic rings. The summed E-state index contributed by atoms with van der Waals surface area (Å²) < 4.78 is 27.8. The van der Waals surface area contributed by atoms with Crippen LogP contribution in [0.3, 0.4) is 0 Å². The fourth-order valence-corrected chi connectivity index (χ4v) is 3.84. The maximum atomic E-state index is 12.6. The standard InChI is InChI=1S/C20H15N3O2S/c24-26(25,19-10-4-5-13-21-19)23-18-12-11-16(15-7-2-1-3-8-15)17-9-6-14-22-20(17)18/h1-14,23H. The van der Waals surface area contributed by atoms with Crippen LogP contribution in [0.15, 0.2) is 90.2 Å². The average molecular weight is 361 g/mol. The first-order valence-corrected chi connectivity index (χ1v) is 9.50. The number of nitrogens with zero attached hydrogens (tertiary/aromatic N) is 2. The molecule has 5 nitrogen and oxygen atoms in total. The van der Waals surface area contributed by atoms with Gasteiger partial charge in [-0.05, 0) is 35.4 Å². The molecule has 2 aromatic heterocycles. The number of rotatable bonds is 4. The van der Waals surface area contributed by atoms with Crippen LogP contribution in [-0.4, -0.2) is 18.4 Å². The first-order valence-electron chi connectivity index (χ1n) is 8.02. The molecule has 0 radical (unpaired) electrons. The molecule has 2 aromatic carbocycles. The maximum Gasteiger partial charge on any atom is 0.279 e. The Morgan fingerprint density at radius 2 is 1.50 bits per heavy atom. The Hall–Kier alpha value is -3.25. The van der Waals surface area contributed by atoms with E-state index in [2.05, 4.69) is 14.7 Å². The SMILES string of the molecule is O=S(=O)(Nc1ccc(-c2ccccc2)c2cccnc12)c1ccccn1. The van der Waals surface area contributed by atoms with Crippen LogP contribution in [0.5, 0.6) is 0 Å². The zero-order chi connectivity index (χ0) is 18.0. The lowest BCUT2D eigenvalue weighted by Crippen LogP contribution is -2.14. The summed E-state index contributed by atoms with van der Waals surface area (Å²) in [5, 5.41) is 0.844. The van der Waals surface area contributed by atoms with Gasteiger partial charge in [0.15, 0.2) is 5.03 Å². The van der Waals surface area contributed by atoms with E-state index in [0.29, 0.717) is 11.2 Å². The molecule has 1 N–H and O–H groups in total. The molecule has 128 valence electrons. The predicted octanol–water partition coefficient (Wildman–Crippen LogP) is 4.10. The molecule has 0 amide bonds. The Balaban J connectivity index is 1.83. The largest absolute Gasteiger partial charge is 0.279 e. The maximum absolute atomic E-state index is 12.6. The molecule has 0 aliphatic heterocycles. The molecule has 0 unspecified atom stereocenters. The molecule has 2 heterocycles. The van der Waals surface area contributed by atoms with Crippen molar-refractivity contribution in [1.82, 2.24) is 9.97 Å². The van der Waals surface area contributed by atoms with E-state index < -0.39 is 10.0 Å². The topological polar surface area (TPSA) is 72.0 Å². The van der Waals surface area contributed by atoms with Crippen LogP contribution in [-0.2, 0) is 10.0 Å². The van der Waals surface area contributed by atoms with Crippen molar-refractivity contribution in [2.75, 3.05) is 4.72 Å². The van der Waals surface area contributed by atoms with Crippen LogP contribution in [0.2, 0.25) is 0 Å². The monoisotopic (exact) mass is 361 g/mol. The summed E-state index contributed by atoms with van der Waals surface area (Å²) >= 11 is 0. The molecular weight excluding hydrogens is 346 g/mol. The quantitative estimate of drug-likeness (QED) is 0.594. The van der Waals surface area contributed by atoms with Gasteiger partial charge in [-0.15, -0.1) is 0 Å². The summed E-state index contributed by atoms with van der Waals surface area (Å²) in [4.78, 5) is 8.32. The van der Waals surface area contributed by atoms with Crippen molar-refractivity contribution in [3.05, 3.63) is 85.2 Å². The minimum Gasteiger partial charge on any atom is -0.276 e. The molecule has 0 saturated heterocycles. The van der Waals surface area contributed by atoms with Gasteiger partial charge in [0.1, 0.15) is 0 Å². The van der Waals surface area contributed by atoms with Crippen LogP contribution in [0.25, 0.3) is 22.0 Å². The number of nitrogens with one attached hydrogen (secondary N) is 1. The molecule has 0 fully saturated rings. The Morgan fingerprint density at radius 3 is 2.27 bits per heavy atom. The van der Waals surface area contributed by atoms with Crippen LogP contribution < -0.4 is 4.72 Å². The number of hydrogen-bond donors (Lipinski definition) is 1. The van der Waals surface area contributed by atoms with Crippen molar-refractivity contribution in [2.45, 2.75) is 5.03 Å². The molecule has 6 heteroatoms. The molecule has 4 rings (SSSR count). The average Bonchev–Trinajstić information content (AvgIpc) is 2.69. The van der Waals surface area contributed by atoms with Crippen molar-refractivity contribution in [3.63, 3.8) is 0 Å². The summed E-state index contributed by atoms with van der Waals surface area (Å²) in [5.74, 6) is 0. The van der Waals surface area contributed by atoms with E-state index in [9.17, 15) is 8.42 Å². The molecular formula is C20H15N3O2S. The summed E-state index contributed by atoms with van der Waals surface area (Å²) in [6.07, 6.45) is 3.10. The summed E-state index contributed by atoms with van der Waals surface area (Å²) in [5.41, 5.74) is 3.05. The van der Waals surface area contributed by atoms with E-state index in [1.807, 2.05) is 48.5 Å². The third kappa shape index (κ3) is 3.02. The number of pyridine rings is 2. The number of fused-ring (bicyclic) bond motifs is 1. The molecule has 0 aliphatic carbocycles. The summed E-state index contributed by atoms with van der Waals surface area (Å²) in [7, 11) is -3.78. The number of aromatic nitrogens is 2. The Labute approximate surface area is 151 Å². The summed E-state index contributed by atoms with van der Waals surface area (Å²) in [6, 6.07) is 22.1. The van der Waals surface area contributed by atoms with Gasteiger partial charge >= 0.3 is 0 Å². The third-order valence-corrected chi connectivity index (χ3v) is 5.29. The van der Waals surface area contributed by atoms with Crippen molar-refractivity contribution in [2.24, 2.45) is 0 Å². The lowest BCUT2D eigenvalue weighted by molar-refractivity contribution is 0.597. The number of hydrogen-bond acceptors (Lipinski definition) is 4. The Bertz CT molecular complexity index is 1160. The van der Waals surface area contributed by atoms with E-state index in [1.54, 1.807) is 24.4 Å². The predicted molar refractivity (Wildman–Crippen MR) is 102 cm³/mol. The van der Waals surface area contributed by atoms with Crippen molar-refractivity contribution < 1.29 is 8.42 Å². The highest BCUT2D eigenvalue weighted by molar-refractivity contribution is 7.92. The van der Waals surface area contributed by atoms with Crippen LogP contribution in [0, 0.1) is 0 Å². The fraction of sp³-hybridized carbons (Fsp3) is 0. The van der Waals surface area contributed by atoms with Gasteiger partial charge in [0.05, 0.1) is 11.2 Å². The van der Waals surface area contributed by atoms with E-state index >= 15 is 0 Å². The minimum absolute atomic E-state index is 0.0313. The molecule has 0 spiro atoms. The second kappa shape index (κ2) is 6.57. The van der Waals surface area contributed by atoms with Crippen molar-refractivity contribution >= 4 is 26.6 Å². The number of sulfonamides is 1. The molecule has 26 heavy (non-hydrogen) atoms. The fourth-order valence-electron chi connectivity index (χ4n) is 2.83. The normalized spacial score (nSPS) is 11.4. The highest BCUT2D eigenvalue weighted by Crippen LogP contribution is 2.32. The highest BCUT2D eigenvalue weighted by atomic mass is 32.2. The highest BCUT2D eigenvalue weighted by Gasteiger charge is 2.18. The zero-order valence-corrected chi connectivity index (χ0v) is 14.5. The van der Waals surface area contributed by atoms with E-state index in [-0.39, 0.29) is 5.03 Å². The van der Waals surface area contributed by atoms with Gasteiger partial charge < -0.3 is 0 Å². The van der Waals surface area contributed by atoms with Gasteiger partial charge in [0, 0.05) is 17.8 Å². The molecule has 0 saturated carbocycles. The Kier molecular flexibility index (Phi) is 4.10. The van der Waals surface area contributed by atoms with Gasteiger partial charge in [-0.25, -0.2) is 4.98 Å². The Morgan fingerprint density at radius 1 is 0.731 bits per heavy atom. The van der Waals surface area contributed by atoms with Gasteiger partial charge in [0.2, 0.25) is 0 Å². The number of anilines is 1. The summed E-state index contributed by atoms with van der Waals surface area (Å²) in [6.45, 7) is 0. The van der Waals surface area contributed by atoms with E-state index in [0.717, 1.165) is 16.5 Å². The second-order valence-electron chi connectivity index (χ2n) is 5.70. The molecule has 0 atom stereocenters. The molecule has 0 bridgehead atoms. The van der Waals surface area contributed by atoms with Crippen molar-refractivity contribution in [1.29, 1.82) is 0 Å². The van der Waals surface area contributed by atoms with Crippen LogP contribution in [0.1, 0.15) is 0 Å². The smallest absolute Gasteiger partial charge is 0.276 e. The second-order valence-corrected chi connectivity index (χ2v) is 7.33. The van der Waals surface area contributed by atoms with Gasteiger partial charge in [-0.2, -0.15) is 8.42 Å². The van der Waals surface area contributed by atoms with Gasteiger partial charge in [-0.3, -0.25) is 9.71 Å². The lowest BCUT2D eigenvalue weighted by Gasteiger charge is -2.12. The molecule has 0 aliphatic rings. The first kappa shape index (κ1) is 16.2. The first-order chi connectivity index (χ1) is 12.6. The van der Waals surface area contributed by atoms with Crippen LogP contribution >= 0.6 is 0 Å². The third-order valence-electron chi connectivity index (χ3n) is 4.01. The van der Waals surface area contributed by atoms with Gasteiger partial charge in [0.25, 0.3) is 10.0 Å². The minimum atomic E-state index is -3.78. The lowest BCUT2D eigenvalue weighted by atomic mass is 10.00.